The highest BCUT2D eigenvalue weighted by Crippen LogP contribution is 2.35. The number of aryl methyl sites for hydroxylation is 1. The monoisotopic (exact) mass is 382 g/mol. The van der Waals surface area contributed by atoms with Gasteiger partial charge in [0.1, 0.15) is 0 Å². The van der Waals surface area contributed by atoms with Crippen LogP contribution in [0.1, 0.15) is 56.2 Å². The first-order chi connectivity index (χ1) is 12.0. The van der Waals surface area contributed by atoms with E-state index < -0.39 is 0 Å². The molecule has 6 heteroatoms. The Morgan fingerprint density at radius 1 is 1.19 bits per heavy atom. The first kappa shape index (κ1) is 20.8. The largest absolute Gasteiger partial charge is 0.493 e. The minimum Gasteiger partial charge on any atom is -0.493 e. The highest BCUT2D eigenvalue weighted by Gasteiger charge is 2.38. The number of rotatable bonds is 5. The van der Waals surface area contributed by atoms with Crippen molar-refractivity contribution in [2.24, 2.45) is 5.92 Å². The molecule has 2 N–H and O–H groups in total. The summed E-state index contributed by atoms with van der Waals surface area (Å²) in [6.45, 7) is 4.05. The molecule has 4 unspecified atom stereocenters. The van der Waals surface area contributed by atoms with Crippen LogP contribution in [0.25, 0.3) is 0 Å². The number of fused-ring (bicyclic) bond motifs is 1. The highest BCUT2D eigenvalue weighted by molar-refractivity contribution is 5.85. The van der Waals surface area contributed by atoms with Gasteiger partial charge in [-0.25, -0.2) is 0 Å². The smallest absolute Gasteiger partial charge is 0.237 e. The van der Waals surface area contributed by atoms with Crippen molar-refractivity contribution >= 4 is 18.3 Å². The van der Waals surface area contributed by atoms with Gasteiger partial charge in [0.2, 0.25) is 5.91 Å². The Morgan fingerprint density at radius 3 is 2.50 bits per heavy atom. The number of carbonyl (C=O) groups is 1. The zero-order valence-corrected chi connectivity index (χ0v) is 16.9. The summed E-state index contributed by atoms with van der Waals surface area (Å²) < 4.78 is 10.7. The molecule has 1 aliphatic carbocycles. The molecule has 1 heterocycles. The Labute approximate surface area is 162 Å². The molecule has 3 rings (SSSR count). The molecule has 1 aromatic rings. The van der Waals surface area contributed by atoms with Crippen molar-refractivity contribution in [2.75, 3.05) is 14.2 Å². The van der Waals surface area contributed by atoms with Gasteiger partial charge in [-0.15, -0.1) is 12.4 Å². The van der Waals surface area contributed by atoms with Crippen LogP contribution in [-0.4, -0.2) is 32.2 Å². The third-order valence-electron chi connectivity index (χ3n) is 5.78. The third kappa shape index (κ3) is 4.26. The molecule has 1 aromatic carbocycles. The number of nitrogens with one attached hydrogen (secondary N) is 2. The van der Waals surface area contributed by atoms with Gasteiger partial charge in [-0.1, -0.05) is 12.8 Å². The Morgan fingerprint density at radius 2 is 1.85 bits per heavy atom. The van der Waals surface area contributed by atoms with Crippen LogP contribution < -0.4 is 20.1 Å². The lowest BCUT2D eigenvalue weighted by Crippen LogP contribution is -2.44. The molecule has 1 saturated carbocycles. The van der Waals surface area contributed by atoms with Gasteiger partial charge in [-0.2, -0.15) is 0 Å². The Hall–Kier alpha value is -1.46. The molecule has 2 fully saturated rings. The second kappa shape index (κ2) is 8.96. The molecule has 1 aliphatic heterocycles. The second-order valence-electron chi connectivity index (χ2n) is 7.40. The van der Waals surface area contributed by atoms with E-state index in [1.165, 1.54) is 25.7 Å². The van der Waals surface area contributed by atoms with E-state index in [1.807, 2.05) is 26.0 Å². The van der Waals surface area contributed by atoms with E-state index in [1.54, 1.807) is 14.2 Å². The number of ether oxygens (including phenoxy) is 2. The summed E-state index contributed by atoms with van der Waals surface area (Å²) in [4.78, 5) is 12.7. The number of carbonyl (C=O) groups excluding carboxylic acids is 1. The van der Waals surface area contributed by atoms with Gasteiger partial charge in [0, 0.05) is 6.04 Å². The molecule has 26 heavy (non-hydrogen) atoms. The van der Waals surface area contributed by atoms with E-state index in [9.17, 15) is 4.79 Å². The third-order valence-corrected chi connectivity index (χ3v) is 5.78. The molecular formula is C20H31ClN2O3. The van der Waals surface area contributed by atoms with Crippen molar-refractivity contribution in [3.63, 3.8) is 0 Å². The Bertz CT molecular complexity index is 624. The van der Waals surface area contributed by atoms with Crippen LogP contribution in [0, 0.1) is 12.8 Å². The minimum absolute atomic E-state index is 0. The van der Waals surface area contributed by atoms with Gasteiger partial charge < -0.3 is 20.1 Å². The van der Waals surface area contributed by atoms with E-state index in [2.05, 4.69) is 10.6 Å². The molecule has 0 aromatic heterocycles. The normalized spacial score (nSPS) is 25.6. The van der Waals surface area contributed by atoms with Gasteiger partial charge >= 0.3 is 0 Å². The lowest BCUT2D eigenvalue weighted by atomic mass is 9.85. The SMILES string of the molecule is COc1cc(C)c(C(C)NC(=O)C2CC3CCCCC3N2)cc1OC.Cl. The highest BCUT2D eigenvalue weighted by atomic mass is 35.5. The van der Waals surface area contributed by atoms with Crippen LogP contribution in [-0.2, 0) is 4.79 Å². The summed E-state index contributed by atoms with van der Waals surface area (Å²) in [6, 6.07) is 4.32. The number of hydrogen-bond donors (Lipinski definition) is 2. The summed E-state index contributed by atoms with van der Waals surface area (Å²) in [6.07, 6.45) is 6.01. The van der Waals surface area contributed by atoms with Gasteiger partial charge in [-0.05, 0) is 62.3 Å². The van der Waals surface area contributed by atoms with Gasteiger partial charge in [0.15, 0.2) is 11.5 Å². The van der Waals surface area contributed by atoms with E-state index in [0.29, 0.717) is 23.5 Å². The summed E-state index contributed by atoms with van der Waals surface area (Å²) in [7, 11) is 3.26. The first-order valence-corrected chi connectivity index (χ1v) is 9.32. The van der Waals surface area contributed by atoms with Crippen LogP contribution in [0.2, 0.25) is 0 Å². The summed E-state index contributed by atoms with van der Waals surface area (Å²) in [5, 5.41) is 6.73. The Balaban J connectivity index is 0.00000243. The van der Waals surface area contributed by atoms with Gasteiger partial charge in [0.05, 0.1) is 26.3 Å². The molecule has 2 aliphatic rings. The molecule has 0 spiro atoms. The van der Waals surface area contributed by atoms with Crippen molar-refractivity contribution < 1.29 is 14.3 Å². The fourth-order valence-electron chi connectivity index (χ4n) is 4.38. The molecule has 4 atom stereocenters. The predicted octanol–water partition coefficient (Wildman–Crippen LogP) is 3.53. The van der Waals surface area contributed by atoms with E-state index in [-0.39, 0.29) is 30.4 Å². The molecular weight excluding hydrogens is 352 g/mol. The molecule has 0 bridgehead atoms. The number of hydrogen-bond acceptors (Lipinski definition) is 4. The Kier molecular flexibility index (Phi) is 7.18. The maximum atomic E-state index is 12.7. The molecule has 1 amide bonds. The lowest BCUT2D eigenvalue weighted by molar-refractivity contribution is -0.123. The van der Waals surface area contributed by atoms with Crippen molar-refractivity contribution in [1.82, 2.24) is 10.6 Å². The van der Waals surface area contributed by atoms with Gasteiger partial charge in [-0.3, -0.25) is 4.79 Å². The fourth-order valence-corrected chi connectivity index (χ4v) is 4.38. The van der Waals surface area contributed by atoms with Crippen molar-refractivity contribution in [2.45, 2.75) is 64.1 Å². The maximum Gasteiger partial charge on any atom is 0.237 e. The average molecular weight is 383 g/mol. The van der Waals surface area contributed by atoms with E-state index in [4.69, 9.17) is 9.47 Å². The van der Waals surface area contributed by atoms with Crippen LogP contribution in [0.15, 0.2) is 12.1 Å². The summed E-state index contributed by atoms with van der Waals surface area (Å²) >= 11 is 0. The zero-order valence-electron chi connectivity index (χ0n) is 16.1. The zero-order chi connectivity index (χ0) is 18.0. The van der Waals surface area contributed by atoms with E-state index in [0.717, 1.165) is 17.5 Å². The molecule has 1 saturated heterocycles. The predicted molar refractivity (Wildman–Crippen MR) is 105 cm³/mol. The minimum atomic E-state index is -0.0725. The standard InChI is InChI=1S/C20H30N2O3.ClH/c1-12-9-18(24-3)19(25-4)11-15(12)13(2)21-20(23)17-10-14-7-5-6-8-16(14)22-17;/h9,11,13-14,16-17,22H,5-8,10H2,1-4H3,(H,21,23);1H. The van der Waals surface area contributed by atoms with Crippen LogP contribution in [0.4, 0.5) is 0 Å². The van der Waals surface area contributed by atoms with Crippen LogP contribution in [0.3, 0.4) is 0 Å². The fraction of sp³-hybridized carbons (Fsp3) is 0.650. The van der Waals surface area contributed by atoms with Crippen molar-refractivity contribution in [3.8, 4) is 11.5 Å². The first-order valence-electron chi connectivity index (χ1n) is 9.32. The molecule has 5 nitrogen and oxygen atoms in total. The van der Waals surface area contributed by atoms with Crippen molar-refractivity contribution in [3.05, 3.63) is 23.3 Å². The quantitative estimate of drug-likeness (QED) is 0.817. The van der Waals surface area contributed by atoms with Crippen LogP contribution >= 0.6 is 12.4 Å². The summed E-state index contributed by atoms with van der Waals surface area (Å²) in [5.74, 6) is 2.18. The molecule has 146 valence electrons. The van der Waals surface area contributed by atoms with Crippen LogP contribution in [0.5, 0.6) is 11.5 Å². The van der Waals surface area contributed by atoms with E-state index >= 15 is 0 Å². The van der Waals surface area contributed by atoms with Gasteiger partial charge in [0.25, 0.3) is 0 Å². The number of halogens is 1. The number of benzene rings is 1. The number of methoxy groups -OCH3 is 2. The average Bonchev–Trinajstić information content (AvgIpc) is 3.05. The lowest BCUT2D eigenvalue weighted by Gasteiger charge is -2.24. The maximum absolute atomic E-state index is 12.7. The van der Waals surface area contributed by atoms with Crippen molar-refractivity contribution in [1.29, 1.82) is 0 Å². The number of amides is 1. The summed E-state index contributed by atoms with van der Waals surface area (Å²) in [5.41, 5.74) is 2.14. The topological polar surface area (TPSA) is 59.6 Å². The second-order valence-corrected chi connectivity index (χ2v) is 7.40. The molecule has 0 radical (unpaired) electrons.